The van der Waals surface area contributed by atoms with Gasteiger partial charge in [-0.1, -0.05) is 15.9 Å². The molecule has 0 aliphatic carbocycles. The van der Waals surface area contributed by atoms with Crippen molar-refractivity contribution in [1.82, 2.24) is 10.2 Å². The van der Waals surface area contributed by atoms with Crippen molar-refractivity contribution >= 4 is 15.9 Å². The number of nitrogens with zero attached hydrogens (tertiary/aromatic N) is 3. The molecule has 0 N–H and O–H groups in total. The van der Waals surface area contributed by atoms with E-state index in [-0.39, 0.29) is 5.88 Å². The van der Waals surface area contributed by atoms with Crippen LogP contribution in [0.2, 0.25) is 0 Å². The molecule has 0 saturated heterocycles. The fourth-order valence-electron chi connectivity index (χ4n) is 1.27. The van der Waals surface area contributed by atoms with Crippen molar-refractivity contribution in [3.05, 3.63) is 46.1 Å². The lowest BCUT2D eigenvalue weighted by Gasteiger charge is -2.06. The van der Waals surface area contributed by atoms with Gasteiger partial charge in [-0.05, 0) is 36.8 Å². The summed E-state index contributed by atoms with van der Waals surface area (Å²) in [5.74, 6) is 0.847. The van der Waals surface area contributed by atoms with E-state index in [0.717, 1.165) is 10.0 Å². The van der Waals surface area contributed by atoms with E-state index in [2.05, 4.69) is 26.1 Å². The summed E-state index contributed by atoms with van der Waals surface area (Å²) in [4.78, 5) is 0. The van der Waals surface area contributed by atoms with E-state index >= 15 is 0 Å². The van der Waals surface area contributed by atoms with Crippen LogP contribution in [0, 0.1) is 18.3 Å². The summed E-state index contributed by atoms with van der Waals surface area (Å²) in [6, 6.07) is 9.11. The number of nitriles is 1. The van der Waals surface area contributed by atoms with Crippen LogP contribution in [0.1, 0.15) is 11.1 Å². The van der Waals surface area contributed by atoms with Crippen LogP contribution in [-0.2, 0) is 0 Å². The van der Waals surface area contributed by atoms with Crippen molar-refractivity contribution in [3.63, 3.8) is 0 Å². The zero-order chi connectivity index (χ0) is 12.3. The summed E-state index contributed by atoms with van der Waals surface area (Å²) in [7, 11) is 0. The zero-order valence-corrected chi connectivity index (χ0v) is 10.6. The molecule has 17 heavy (non-hydrogen) atoms. The van der Waals surface area contributed by atoms with Crippen molar-refractivity contribution in [2.24, 2.45) is 0 Å². The summed E-state index contributed by atoms with van der Waals surface area (Å²) >= 11 is 3.41. The maximum Gasteiger partial charge on any atom is 0.256 e. The Bertz CT molecular complexity index is 593. The largest absolute Gasteiger partial charge is 0.437 e. The first-order valence-corrected chi connectivity index (χ1v) is 5.66. The average Bonchev–Trinajstić information content (AvgIpc) is 2.34. The van der Waals surface area contributed by atoms with E-state index in [1.54, 1.807) is 12.1 Å². The van der Waals surface area contributed by atoms with Crippen LogP contribution in [-0.4, -0.2) is 10.2 Å². The molecule has 5 heteroatoms. The summed E-state index contributed by atoms with van der Waals surface area (Å²) in [6.45, 7) is 1.96. The Morgan fingerprint density at radius 2 is 2.18 bits per heavy atom. The standard InChI is InChI=1S/C12H8BrN3O/c1-8-6-10(2-3-11(8)13)17-12-9(7-14)4-5-15-16-12/h2-6H,1H3. The second-order valence-corrected chi connectivity index (χ2v) is 4.23. The fourth-order valence-corrected chi connectivity index (χ4v) is 1.52. The van der Waals surface area contributed by atoms with Crippen molar-refractivity contribution < 1.29 is 4.74 Å². The number of halogens is 1. The molecule has 0 fully saturated rings. The van der Waals surface area contributed by atoms with Gasteiger partial charge < -0.3 is 4.74 Å². The number of benzene rings is 1. The molecule has 2 aromatic rings. The summed E-state index contributed by atoms with van der Waals surface area (Å²) in [5, 5.41) is 16.4. The van der Waals surface area contributed by atoms with E-state index in [1.165, 1.54) is 6.20 Å². The highest BCUT2D eigenvalue weighted by molar-refractivity contribution is 9.10. The molecular formula is C12H8BrN3O. The Labute approximate surface area is 107 Å². The molecule has 84 valence electrons. The molecule has 4 nitrogen and oxygen atoms in total. The first kappa shape index (κ1) is 11.6. The summed E-state index contributed by atoms with van der Waals surface area (Å²) in [5.41, 5.74) is 1.41. The van der Waals surface area contributed by atoms with Crippen LogP contribution in [0.15, 0.2) is 34.9 Å². The van der Waals surface area contributed by atoms with Gasteiger partial charge in [0.05, 0.1) is 6.20 Å². The fraction of sp³-hybridized carbons (Fsp3) is 0.0833. The smallest absolute Gasteiger partial charge is 0.256 e. The molecule has 1 aromatic heterocycles. The minimum Gasteiger partial charge on any atom is -0.437 e. The molecule has 0 aliphatic rings. The Morgan fingerprint density at radius 1 is 1.35 bits per heavy atom. The number of rotatable bonds is 2. The quantitative estimate of drug-likeness (QED) is 0.852. The van der Waals surface area contributed by atoms with Gasteiger partial charge in [0.15, 0.2) is 0 Å². The lowest BCUT2D eigenvalue weighted by Crippen LogP contribution is -1.93. The van der Waals surface area contributed by atoms with Gasteiger partial charge in [-0.15, -0.1) is 5.10 Å². The van der Waals surface area contributed by atoms with Gasteiger partial charge in [0.1, 0.15) is 17.4 Å². The normalized spacial score (nSPS) is 9.71. The van der Waals surface area contributed by atoms with Gasteiger partial charge >= 0.3 is 0 Å². The first-order chi connectivity index (χ1) is 8.20. The minimum absolute atomic E-state index is 0.219. The number of aryl methyl sites for hydroxylation is 1. The van der Waals surface area contributed by atoms with Gasteiger partial charge in [-0.2, -0.15) is 10.4 Å². The molecule has 0 atom stereocenters. The maximum atomic E-state index is 8.89. The molecule has 0 amide bonds. The predicted molar refractivity (Wildman–Crippen MR) is 65.7 cm³/mol. The Hall–Kier alpha value is -1.93. The topological polar surface area (TPSA) is 58.8 Å². The maximum absolute atomic E-state index is 8.89. The first-order valence-electron chi connectivity index (χ1n) is 4.86. The lowest BCUT2D eigenvalue weighted by atomic mass is 10.2. The third-order valence-electron chi connectivity index (χ3n) is 2.15. The van der Waals surface area contributed by atoms with E-state index in [9.17, 15) is 0 Å². The Kier molecular flexibility index (Phi) is 3.35. The third kappa shape index (κ3) is 2.60. The van der Waals surface area contributed by atoms with Crippen LogP contribution in [0.5, 0.6) is 11.6 Å². The summed E-state index contributed by atoms with van der Waals surface area (Å²) in [6.07, 6.45) is 1.46. The number of hydrogen-bond donors (Lipinski definition) is 0. The van der Waals surface area contributed by atoms with Crippen LogP contribution in [0.3, 0.4) is 0 Å². The number of hydrogen-bond acceptors (Lipinski definition) is 4. The van der Waals surface area contributed by atoms with Gasteiger partial charge in [-0.3, -0.25) is 0 Å². The molecule has 0 bridgehead atoms. The number of aromatic nitrogens is 2. The second-order valence-electron chi connectivity index (χ2n) is 3.37. The molecule has 1 aromatic carbocycles. The van der Waals surface area contributed by atoms with E-state index < -0.39 is 0 Å². The van der Waals surface area contributed by atoms with Crippen molar-refractivity contribution in [1.29, 1.82) is 5.26 Å². The van der Waals surface area contributed by atoms with Crippen molar-refractivity contribution in [2.45, 2.75) is 6.92 Å². The predicted octanol–water partition coefficient (Wildman–Crippen LogP) is 3.21. The van der Waals surface area contributed by atoms with Crippen LogP contribution in [0.4, 0.5) is 0 Å². The average molecular weight is 290 g/mol. The molecule has 0 aliphatic heterocycles. The molecule has 0 unspecified atom stereocenters. The molecule has 0 saturated carbocycles. The highest BCUT2D eigenvalue weighted by Crippen LogP contribution is 2.26. The van der Waals surface area contributed by atoms with Crippen LogP contribution < -0.4 is 4.74 Å². The zero-order valence-electron chi connectivity index (χ0n) is 9.01. The van der Waals surface area contributed by atoms with E-state index in [4.69, 9.17) is 10.00 Å². The molecule has 0 spiro atoms. The van der Waals surface area contributed by atoms with Crippen LogP contribution >= 0.6 is 15.9 Å². The van der Waals surface area contributed by atoms with E-state index in [1.807, 2.05) is 25.1 Å². The van der Waals surface area contributed by atoms with Gasteiger partial charge in [0, 0.05) is 4.47 Å². The van der Waals surface area contributed by atoms with Gasteiger partial charge in [-0.25, -0.2) is 0 Å². The number of ether oxygens (including phenoxy) is 1. The monoisotopic (exact) mass is 289 g/mol. The molecule has 2 rings (SSSR count). The Balaban J connectivity index is 2.32. The lowest BCUT2D eigenvalue weighted by molar-refractivity contribution is 0.453. The van der Waals surface area contributed by atoms with E-state index in [0.29, 0.717) is 11.3 Å². The molecular weight excluding hydrogens is 282 g/mol. The van der Waals surface area contributed by atoms with Gasteiger partial charge in [0.25, 0.3) is 5.88 Å². The van der Waals surface area contributed by atoms with Gasteiger partial charge in [0.2, 0.25) is 0 Å². The summed E-state index contributed by atoms with van der Waals surface area (Å²) < 4.78 is 6.52. The second kappa shape index (κ2) is 4.93. The Morgan fingerprint density at radius 3 is 2.88 bits per heavy atom. The highest BCUT2D eigenvalue weighted by Gasteiger charge is 2.06. The van der Waals surface area contributed by atoms with Crippen LogP contribution in [0.25, 0.3) is 0 Å². The molecule has 1 heterocycles. The highest BCUT2D eigenvalue weighted by atomic mass is 79.9. The van der Waals surface area contributed by atoms with Crippen molar-refractivity contribution in [3.8, 4) is 17.7 Å². The van der Waals surface area contributed by atoms with Crippen molar-refractivity contribution in [2.75, 3.05) is 0 Å². The molecule has 0 radical (unpaired) electrons. The SMILES string of the molecule is Cc1cc(Oc2nnccc2C#N)ccc1Br. The third-order valence-corrected chi connectivity index (χ3v) is 3.04. The minimum atomic E-state index is 0.219.